The van der Waals surface area contributed by atoms with Gasteiger partial charge in [0, 0.05) is 6.54 Å². The van der Waals surface area contributed by atoms with E-state index >= 15 is 0 Å². The van der Waals surface area contributed by atoms with Crippen molar-refractivity contribution in [3.05, 3.63) is 23.4 Å². The van der Waals surface area contributed by atoms with Gasteiger partial charge in [-0.2, -0.15) is 5.10 Å². The van der Waals surface area contributed by atoms with Crippen molar-refractivity contribution >= 4 is 16.0 Å². The minimum Gasteiger partial charge on any atom is -0.462 e. The van der Waals surface area contributed by atoms with Gasteiger partial charge in [-0.25, -0.2) is 17.9 Å². The van der Waals surface area contributed by atoms with Crippen molar-refractivity contribution in [1.82, 2.24) is 14.9 Å². The summed E-state index contributed by atoms with van der Waals surface area (Å²) in [6.45, 7) is 2.13. The predicted molar refractivity (Wildman–Crippen MR) is 76.3 cm³/mol. The Morgan fingerprint density at radius 2 is 2.33 bits per heavy atom. The van der Waals surface area contributed by atoms with E-state index in [-0.39, 0.29) is 17.2 Å². The second-order valence-corrected chi connectivity index (χ2v) is 6.44. The maximum atomic E-state index is 12.2. The lowest BCUT2D eigenvalue weighted by molar-refractivity contribution is 0.0522. The summed E-state index contributed by atoms with van der Waals surface area (Å²) in [4.78, 5) is 11.7. The van der Waals surface area contributed by atoms with Crippen LogP contribution in [0.25, 0.3) is 0 Å². The topological polar surface area (TPSA) is 101 Å². The highest BCUT2D eigenvalue weighted by Crippen LogP contribution is 2.20. The number of hydrogen-bond donors (Lipinski definition) is 2. The van der Waals surface area contributed by atoms with Gasteiger partial charge in [-0.05, 0) is 32.6 Å². The molecule has 0 saturated carbocycles. The standard InChI is InChI=1S/C13H19N3O4S/c1-2-20-13(17)11-9-14-16-12(11)21(18,19)15-8-7-10-5-3-4-6-10/h5,9,15H,2-4,6-8H2,1H3,(H,14,16). The predicted octanol–water partition coefficient (Wildman–Crippen LogP) is 1.37. The molecule has 7 nitrogen and oxygen atoms in total. The summed E-state index contributed by atoms with van der Waals surface area (Å²) in [5.74, 6) is -0.704. The summed E-state index contributed by atoms with van der Waals surface area (Å²) >= 11 is 0. The van der Waals surface area contributed by atoms with Crippen LogP contribution in [-0.2, 0) is 14.8 Å². The zero-order valence-electron chi connectivity index (χ0n) is 11.9. The summed E-state index contributed by atoms with van der Waals surface area (Å²) in [6, 6.07) is 0. The number of ether oxygens (including phenoxy) is 1. The van der Waals surface area contributed by atoms with Crippen LogP contribution in [0.15, 0.2) is 22.9 Å². The van der Waals surface area contributed by atoms with Crippen LogP contribution < -0.4 is 4.72 Å². The van der Waals surface area contributed by atoms with Gasteiger partial charge in [0.1, 0.15) is 5.56 Å². The Morgan fingerprint density at radius 1 is 1.52 bits per heavy atom. The molecule has 8 heteroatoms. The molecule has 0 amide bonds. The first-order valence-corrected chi connectivity index (χ1v) is 8.41. The highest BCUT2D eigenvalue weighted by Gasteiger charge is 2.25. The number of aromatic nitrogens is 2. The van der Waals surface area contributed by atoms with Gasteiger partial charge in [0.05, 0.1) is 12.8 Å². The Hall–Kier alpha value is -1.67. The molecule has 2 N–H and O–H groups in total. The van der Waals surface area contributed by atoms with Crippen molar-refractivity contribution in [2.75, 3.05) is 13.2 Å². The van der Waals surface area contributed by atoms with E-state index in [1.165, 1.54) is 5.57 Å². The van der Waals surface area contributed by atoms with E-state index in [0.717, 1.165) is 25.5 Å². The zero-order chi connectivity index (χ0) is 15.3. The number of aromatic amines is 1. The molecular formula is C13H19N3O4S. The lowest BCUT2D eigenvalue weighted by Gasteiger charge is -2.07. The molecule has 0 bridgehead atoms. The van der Waals surface area contributed by atoms with E-state index < -0.39 is 16.0 Å². The van der Waals surface area contributed by atoms with Gasteiger partial charge < -0.3 is 4.74 Å². The molecule has 1 heterocycles. The maximum absolute atomic E-state index is 12.2. The largest absolute Gasteiger partial charge is 0.462 e. The minimum absolute atomic E-state index is 0.0792. The van der Waals surface area contributed by atoms with Crippen LogP contribution in [0.2, 0.25) is 0 Å². The molecule has 1 aliphatic rings. The van der Waals surface area contributed by atoms with Crippen LogP contribution in [0, 0.1) is 0 Å². The summed E-state index contributed by atoms with van der Waals surface area (Å²) in [7, 11) is -3.80. The molecule has 0 spiro atoms. The van der Waals surface area contributed by atoms with E-state index in [2.05, 4.69) is 21.0 Å². The molecule has 0 aromatic carbocycles. The normalized spacial score (nSPS) is 15.0. The Bertz CT molecular complexity index is 634. The van der Waals surface area contributed by atoms with Crippen molar-refractivity contribution in [3.8, 4) is 0 Å². The van der Waals surface area contributed by atoms with Gasteiger partial charge in [0.15, 0.2) is 5.03 Å². The fourth-order valence-corrected chi connectivity index (χ4v) is 3.33. The van der Waals surface area contributed by atoms with Crippen molar-refractivity contribution < 1.29 is 17.9 Å². The number of carbonyl (C=O) groups is 1. The van der Waals surface area contributed by atoms with Crippen LogP contribution in [0.3, 0.4) is 0 Å². The van der Waals surface area contributed by atoms with E-state index in [0.29, 0.717) is 13.0 Å². The van der Waals surface area contributed by atoms with Gasteiger partial charge in [-0.3, -0.25) is 5.10 Å². The van der Waals surface area contributed by atoms with Gasteiger partial charge in [-0.15, -0.1) is 0 Å². The van der Waals surface area contributed by atoms with Gasteiger partial charge >= 0.3 is 5.97 Å². The first-order chi connectivity index (χ1) is 10.0. The third-order valence-corrected chi connectivity index (χ3v) is 4.67. The second kappa shape index (κ2) is 6.86. The number of nitrogens with one attached hydrogen (secondary N) is 2. The number of carbonyl (C=O) groups excluding carboxylic acids is 1. The summed E-state index contributed by atoms with van der Waals surface area (Å²) < 4.78 is 31.7. The van der Waals surface area contributed by atoms with Gasteiger partial charge in [-0.1, -0.05) is 11.6 Å². The molecule has 1 aliphatic carbocycles. The molecule has 0 atom stereocenters. The van der Waals surface area contributed by atoms with Gasteiger partial charge in [0.25, 0.3) is 10.0 Å². The highest BCUT2D eigenvalue weighted by molar-refractivity contribution is 7.89. The maximum Gasteiger partial charge on any atom is 0.342 e. The van der Waals surface area contributed by atoms with Crippen LogP contribution in [0.4, 0.5) is 0 Å². The average molecular weight is 313 g/mol. The first kappa shape index (κ1) is 15.7. The molecule has 2 rings (SSSR count). The summed E-state index contributed by atoms with van der Waals surface area (Å²) in [6.07, 6.45) is 7.22. The van der Waals surface area contributed by atoms with Crippen LogP contribution >= 0.6 is 0 Å². The fraction of sp³-hybridized carbons (Fsp3) is 0.538. The molecule has 1 aromatic rings. The molecule has 0 aliphatic heterocycles. The number of H-pyrrole nitrogens is 1. The van der Waals surface area contributed by atoms with Crippen molar-refractivity contribution in [2.45, 2.75) is 37.6 Å². The monoisotopic (exact) mass is 313 g/mol. The van der Waals surface area contributed by atoms with E-state index in [1.54, 1.807) is 6.92 Å². The Kier molecular flexibility index (Phi) is 5.13. The SMILES string of the molecule is CCOC(=O)c1cn[nH]c1S(=O)(=O)NCCC1=CCCC1. The van der Waals surface area contributed by atoms with Crippen LogP contribution in [0.5, 0.6) is 0 Å². The molecule has 1 aromatic heterocycles. The minimum atomic E-state index is -3.80. The number of rotatable bonds is 7. The van der Waals surface area contributed by atoms with Crippen molar-refractivity contribution in [3.63, 3.8) is 0 Å². The second-order valence-electron chi connectivity index (χ2n) is 4.74. The molecular weight excluding hydrogens is 294 g/mol. The van der Waals surface area contributed by atoms with E-state index in [4.69, 9.17) is 4.74 Å². The summed E-state index contributed by atoms with van der Waals surface area (Å²) in [5, 5.41) is 5.72. The van der Waals surface area contributed by atoms with Crippen LogP contribution in [0.1, 0.15) is 43.0 Å². The average Bonchev–Trinajstić information content (AvgIpc) is 3.10. The number of nitrogens with zero attached hydrogens (tertiary/aromatic N) is 1. The third kappa shape index (κ3) is 3.92. The number of hydrogen-bond acceptors (Lipinski definition) is 5. The van der Waals surface area contributed by atoms with E-state index in [1.807, 2.05) is 0 Å². The Balaban J connectivity index is 2.02. The van der Waals surface area contributed by atoms with Gasteiger partial charge in [0.2, 0.25) is 0 Å². The lowest BCUT2D eigenvalue weighted by atomic mass is 10.2. The number of esters is 1. The van der Waals surface area contributed by atoms with Crippen LogP contribution in [-0.4, -0.2) is 37.7 Å². The molecule has 0 fully saturated rings. The molecule has 0 radical (unpaired) electrons. The molecule has 21 heavy (non-hydrogen) atoms. The molecule has 0 saturated heterocycles. The van der Waals surface area contributed by atoms with E-state index in [9.17, 15) is 13.2 Å². The Morgan fingerprint density at radius 3 is 3.00 bits per heavy atom. The van der Waals surface area contributed by atoms with Crippen molar-refractivity contribution in [2.24, 2.45) is 0 Å². The molecule has 116 valence electrons. The third-order valence-electron chi connectivity index (χ3n) is 3.24. The lowest BCUT2D eigenvalue weighted by Crippen LogP contribution is -2.27. The highest BCUT2D eigenvalue weighted by atomic mass is 32.2. The summed E-state index contributed by atoms with van der Waals surface area (Å²) in [5.41, 5.74) is 1.19. The van der Waals surface area contributed by atoms with Crippen molar-refractivity contribution in [1.29, 1.82) is 0 Å². The molecule has 0 unspecified atom stereocenters. The quantitative estimate of drug-likeness (QED) is 0.585. The Labute approximate surface area is 123 Å². The number of allylic oxidation sites excluding steroid dienone is 1. The first-order valence-electron chi connectivity index (χ1n) is 6.92. The number of sulfonamides is 1. The fourth-order valence-electron chi connectivity index (χ4n) is 2.22. The smallest absolute Gasteiger partial charge is 0.342 e. The zero-order valence-corrected chi connectivity index (χ0v) is 12.7.